The second kappa shape index (κ2) is 21.2. The molecule has 1 amide bonds. The Morgan fingerprint density at radius 2 is 1.42 bits per heavy atom. The Balaban J connectivity index is 1.48. The van der Waals surface area contributed by atoms with Gasteiger partial charge < -0.3 is 33.7 Å². The Morgan fingerprint density at radius 3 is 2.02 bits per heavy atom. The van der Waals surface area contributed by atoms with Crippen LogP contribution in [0.15, 0.2) is 91.0 Å². The summed E-state index contributed by atoms with van der Waals surface area (Å²) in [7, 11) is 1.73. The molecule has 0 spiro atoms. The molecule has 3 aromatic rings. The highest BCUT2D eigenvalue weighted by molar-refractivity contribution is 5.67. The Labute approximate surface area is 300 Å². The van der Waals surface area contributed by atoms with Gasteiger partial charge in [-0.1, -0.05) is 119 Å². The number of ether oxygens (including phenoxy) is 6. The minimum absolute atomic E-state index is 0.0161. The van der Waals surface area contributed by atoms with Gasteiger partial charge in [0.2, 0.25) is 0 Å². The van der Waals surface area contributed by atoms with E-state index in [1.807, 2.05) is 61.5 Å². The summed E-state index contributed by atoms with van der Waals surface area (Å²) >= 11 is 0. The Kier molecular flexibility index (Phi) is 16.7. The van der Waals surface area contributed by atoms with E-state index < -0.39 is 5.79 Å². The van der Waals surface area contributed by atoms with Crippen molar-refractivity contribution in [2.75, 3.05) is 26.9 Å². The van der Waals surface area contributed by atoms with E-state index in [1.165, 1.54) is 5.56 Å². The minimum Gasteiger partial charge on any atom is -0.450 e. The first-order chi connectivity index (χ1) is 24.3. The molecule has 4 rings (SSSR count). The van der Waals surface area contributed by atoms with Crippen LogP contribution in [0.3, 0.4) is 0 Å². The third-order valence-corrected chi connectivity index (χ3v) is 9.55. The number of hydrogen-bond donors (Lipinski definition) is 1. The standard InChI is InChI=1S/C42H59NO7/c1-6-23-47-41(44)43-28-33(3)25-34(4)42(45-5)27-39(49-31-37-20-14-9-15-21-37)40(50-42)38(48-30-36-18-12-8-13-19-36)26-32(2)22-24-46-29-35-16-10-7-11-17-35/h7-21,32-34,38-40H,6,22-31H2,1-5H3,(H,43,44)/t32-,33-,34+,38-,39-,40-,42?/m1/s1. The van der Waals surface area contributed by atoms with E-state index in [1.54, 1.807) is 7.11 Å². The molecular formula is C42H59NO7. The predicted molar refractivity (Wildman–Crippen MR) is 196 cm³/mol. The maximum atomic E-state index is 12.1. The zero-order chi connectivity index (χ0) is 35.6. The highest BCUT2D eigenvalue weighted by Crippen LogP contribution is 2.44. The summed E-state index contributed by atoms with van der Waals surface area (Å²) in [6.07, 6.45) is 2.61. The lowest BCUT2D eigenvalue weighted by Gasteiger charge is -2.36. The van der Waals surface area contributed by atoms with Crippen molar-refractivity contribution in [3.8, 4) is 0 Å². The van der Waals surface area contributed by atoms with E-state index in [0.717, 1.165) is 36.8 Å². The monoisotopic (exact) mass is 689 g/mol. The van der Waals surface area contributed by atoms with Gasteiger partial charge in [0.25, 0.3) is 0 Å². The Hall–Kier alpha value is -3.27. The fraction of sp³-hybridized carbons (Fsp3) is 0.548. The van der Waals surface area contributed by atoms with E-state index in [2.05, 4.69) is 62.5 Å². The van der Waals surface area contributed by atoms with Gasteiger partial charge in [-0.15, -0.1) is 0 Å². The van der Waals surface area contributed by atoms with Crippen molar-refractivity contribution in [1.82, 2.24) is 5.32 Å². The summed E-state index contributed by atoms with van der Waals surface area (Å²) in [6, 6.07) is 30.8. The average molecular weight is 690 g/mol. The van der Waals surface area contributed by atoms with Crippen LogP contribution < -0.4 is 5.32 Å². The van der Waals surface area contributed by atoms with E-state index in [9.17, 15) is 4.79 Å². The molecule has 3 aromatic carbocycles. The number of carbonyl (C=O) groups is 1. The number of carbonyl (C=O) groups excluding carboxylic acids is 1. The molecule has 1 aliphatic rings. The van der Waals surface area contributed by atoms with Gasteiger partial charge in [-0.05, 0) is 54.2 Å². The topological polar surface area (TPSA) is 84.5 Å². The molecule has 7 atom stereocenters. The normalized spacial score (nSPS) is 21.3. The van der Waals surface area contributed by atoms with Crippen LogP contribution in [0.2, 0.25) is 0 Å². The summed E-state index contributed by atoms with van der Waals surface area (Å²) in [5.74, 6) is -0.362. The van der Waals surface area contributed by atoms with Crippen LogP contribution in [0.1, 0.15) is 76.5 Å². The first-order valence-corrected chi connectivity index (χ1v) is 18.4. The lowest BCUT2D eigenvalue weighted by Crippen LogP contribution is -2.43. The molecule has 1 heterocycles. The van der Waals surface area contributed by atoms with Crippen molar-refractivity contribution in [2.45, 2.75) is 104 Å². The lowest BCUT2D eigenvalue weighted by atomic mass is 9.87. The van der Waals surface area contributed by atoms with Crippen LogP contribution in [0.4, 0.5) is 4.79 Å². The molecule has 8 nitrogen and oxygen atoms in total. The van der Waals surface area contributed by atoms with E-state index in [0.29, 0.717) is 51.9 Å². The van der Waals surface area contributed by atoms with Crippen LogP contribution in [0.25, 0.3) is 0 Å². The number of benzene rings is 3. The van der Waals surface area contributed by atoms with Crippen molar-refractivity contribution >= 4 is 6.09 Å². The molecule has 1 N–H and O–H groups in total. The number of amides is 1. The molecular weight excluding hydrogens is 630 g/mol. The predicted octanol–water partition coefficient (Wildman–Crippen LogP) is 8.72. The van der Waals surface area contributed by atoms with E-state index in [4.69, 9.17) is 28.4 Å². The van der Waals surface area contributed by atoms with Crippen LogP contribution >= 0.6 is 0 Å². The summed E-state index contributed by atoms with van der Waals surface area (Å²) in [5, 5.41) is 2.90. The highest BCUT2D eigenvalue weighted by Gasteiger charge is 2.53. The molecule has 1 unspecified atom stereocenters. The maximum absolute atomic E-state index is 12.1. The van der Waals surface area contributed by atoms with E-state index >= 15 is 0 Å². The largest absolute Gasteiger partial charge is 0.450 e. The van der Waals surface area contributed by atoms with Gasteiger partial charge in [-0.3, -0.25) is 0 Å². The second-order valence-corrected chi connectivity index (χ2v) is 13.9. The maximum Gasteiger partial charge on any atom is 0.407 e. The SMILES string of the molecule is CCCOC(=O)NC[C@H](C)C[C@H](C)C1(OC)C[C@@H](OCc2ccccc2)[C@@H]([C@@H](C[C@H](C)CCOCc2ccccc2)OCc2ccccc2)O1. The molecule has 0 aliphatic carbocycles. The van der Waals surface area contributed by atoms with Crippen LogP contribution in [0, 0.1) is 17.8 Å². The molecule has 50 heavy (non-hydrogen) atoms. The molecule has 1 fully saturated rings. The molecule has 0 bridgehead atoms. The second-order valence-electron chi connectivity index (χ2n) is 13.9. The molecule has 8 heteroatoms. The molecule has 274 valence electrons. The average Bonchev–Trinajstić information content (AvgIpc) is 3.54. The molecule has 0 aromatic heterocycles. The molecule has 0 saturated carbocycles. The molecule has 1 saturated heterocycles. The van der Waals surface area contributed by atoms with Crippen molar-refractivity contribution in [3.05, 3.63) is 108 Å². The van der Waals surface area contributed by atoms with Gasteiger partial charge in [0.1, 0.15) is 6.10 Å². The summed E-state index contributed by atoms with van der Waals surface area (Å²) in [5.41, 5.74) is 3.39. The first-order valence-electron chi connectivity index (χ1n) is 18.4. The van der Waals surface area contributed by atoms with Gasteiger partial charge in [-0.25, -0.2) is 4.79 Å². The fourth-order valence-electron chi connectivity index (χ4n) is 6.65. The number of rotatable bonds is 22. The lowest BCUT2D eigenvalue weighted by molar-refractivity contribution is -0.258. The van der Waals surface area contributed by atoms with Crippen molar-refractivity contribution in [1.29, 1.82) is 0 Å². The number of alkyl carbamates (subject to hydrolysis) is 1. The minimum atomic E-state index is -0.876. The summed E-state index contributed by atoms with van der Waals surface area (Å²) in [6.45, 7) is 11.7. The van der Waals surface area contributed by atoms with Gasteiger partial charge in [-0.2, -0.15) is 0 Å². The van der Waals surface area contributed by atoms with Gasteiger partial charge in [0.05, 0.1) is 38.6 Å². The number of methoxy groups -OCH3 is 1. The Bertz CT molecular complexity index is 1340. The number of nitrogens with one attached hydrogen (secondary N) is 1. The fourth-order valence-corrected chi connectivity index (χ4v) is 6.65. The van der Waals surface area contributed by atoms with Gasteiger partial charge in [0.15, 0.2) is 5.79 Å². The van der Waals surface area contributed by atoms with Crippen molar-refractivity contribution < 1.29 is 33.2 Å². The van der Waals surface area contributed by atoms with Crippen LogP contribution in [0.5, 0.6) is 0 Å². The zero-order valence-electron chi connectivity index (χ0n) is 30.8. The van der Waals surface area contributed by atoms with E-state index in [-0.39, 0.29) is 36.2 Å². The van der Waals surface area contributed by atoms with Crippen molar-refractivity contribution in [3.63, 3.8) is 0 Å². The molecule has 1 aliphatic heterocycles. The van der Waals surface area contributed by atoms with Gasteiger partial charge >= 0.3 is 6.09 Å². The summed E-state index contributed by atoms with van der Waals surface area (Å²) < 4.78 is 38.1. The van der Waals surface area contributed by atoms with Crippen LogP contribution in [-0.4, -0.2) is 57.1 Å². The first kappa shape index (κ1) is 39.5. The Morgan fingerprint density at radius 1 is 0.820 bits per heavy atom. The highest BCUT2D eigenvalue weighted by atomic mass is 16.7. The van der Waals surface area contributed by atoms with Crippen molar-refractivity contribution in [2.24, 2.45) is 17.8 Å². The number of hydrogen-bond acceptors (Lipinski definition) is 7. The van der Waals surface area contributed by atoms with Crippen LogP contribution in [-0.2, 0) is 48.2 Å². The quantitative estimate of drug-likeness (QED) is 0.106. The third-order valence-electron chi connectivity index (χ3n) is 9.55. The zero-order valence-corrected chi connectivity index (χ0v) is 30.8. The molecule has 0 radical (unpaired) electrons. The third kappa shape index (κ3) is 12.8. The smallest absolute Gasteiger partial charge is 0.407 e. The summed E-state index contributed by atoms with van der Waals surface area (Å²) in [4.78, 5) is 12.1. The van der Waals surface area contributed by atoms with Gasteiger partial charge in [0, 0.05) is 32.6 Å².